The number of hydrogen-bond acceptors (Lipinski definition) is 3. The lowest BCUT2D eigenvalue weighted by molar-refractivity contribution is -0.123. The molecule has 1 fully saturated rings. The zero-order valence-electron chi connectivity index (χ0n) is 10.3. The van der Waals surface area contributed by atoms with Crippen LogP contribution in [-0.2, 0) is 9.53 Å². The summed E-state index contributed by atoms with van der Waals surface area (Å²) in [4.78, 5) is 11.7. The SMILES string of the molecule is CCCOCCCNC(=O)C1CCCCN1. The zero-order chi connectivity index (χ0) is 11.6. The Labute approximate surface area is 98.1 Å². The molecule has 0 bridgehead atoms. The van der Waals surface area contributed by atoms with Gasteiger partial charge in [0.15, 0.2) is 0 Å². The molecule has 1 unspecified atom stereocenters. The third-order valence-corrected chi connectivity index (χ3v) is 2.74. The molecule has 2 N–H and O–H groups in total. The molecule has 1 saturated heterocycles. The first-order valence-corrected chi connectivity index (χ1v) is 6.43. The van der Waals surface area contributed by atoms with Crippen LogP contribution in [0.15, 0.2) is 0 Å². The topological polar surface area (TPSA) is 50.4 Å². The van der Waals surface area contributed by atoms with E-state index in [4.69, 9.17) is 4.74 Å². The first-order valence-electron chi connectivity index (χ1n) is 6.43. The fraction of sp³-hybridized carbons (Fsp3) is 0.917. The van der Waals surface area contributed by atoms with Gasteiger partial charge >= 0.3 is 0 Å². The quantitative estimate of drug-likeness (QED) is 0.641. The molecule has 1 rings (SSSR count). The van der Waals surface area contributed by atoms with Gasteiger partial charge in [0.05, 0.1) is 6.04 Å². The van der Waals surface area contributed by atoms with Gasteiger partial charge in [0.2, 0.25) is 5.91 Å². The lowest BCUT2D eigenvalue weighted by Gasteiger charge is -2.22. The molecule has 0 saturated carbocycles. The number of ether oxygens (including phenoxy) is 1. The Bertz CT molecular complexity index is 191. The summed E-state index contributed by atoms with van der Waals surface area (Å²) in [6.45, 7) is 5.35. The number of carbonyl (C=O) groups excluding carboxylic acids is 1. The minimum Gasteiger partial charge on any atom is -0.381 e. The van der Waals surface area contributed by atoms with Gasteiger partial charge in [-0.15, -0.1) is 0 Å². The van der Waals surface area contributed by atoms with Crippen LogP contribution >= 0.6 is 0 Å². The standard InChI is InChI=1S/C12H24N2O2/c1-2-9-16-10-5-8-14-12(15)11-6-3-4-7-13-11/h11,13H,2-10H2,1H3,(H,14,15). The van der Waals surface area contributed by atoms with Crippen molar-refractivity contribution in [3.8, 4) is 0 Å². The highest BCUT2D eigenvalue weighted by Gasteiger charge is 2.19. The third kappa shape index (κ3) is 5.47. The lowest BCUT2D eigenvalue weighted by atomic mass is 10.0. The molecule has 0 aromatic rings. The average molecular weight is 228 g/mol. The van der Waals surface area contributed by atoms with Crippen LogP contribution in [0.4, 0.5) is 0 Å². The van der Waals surface area contributed by atoms with Gasteiger partial charge in [-0.05, 0) is 32.2 Å². The molecular weight excluding hydrogens is 204 g/mol. The average Bonchev–Trinajstić information content (AvgIpc) is 2.34. The van der Waals surface area contributed by atoms with Gasteiger partial charge in [-0.2, -0.15) is 0 Å². The van der Waals surface area contributed by atoms with Crippen molar-refractivity contribution >= 4 is 5.91 Å². The molecule has 4 nitrogen and oxygen atoms in total. The van der Waals surface area contributed by atoms with Crippen molar-refractivity contribution in [2.45, 2.75) is 45.1 Å². The molecule has 1 heterocycles. The third-order valence-electron chi connectivity index (χ3n) is 2.74. The van der Waals surface area contributed by atoms with Gasteiger partial charge < -0.3 is 15.4 Å². The van der Waals surface area contributed by atoms with Crippen LogP contribution < -0.4 is 10.6 Å². The van der Waals surface area contributed by atoms with Crippen molar-refractivity contribution in [2.75, 3.05) is 26.3 Å². The molecule has 1 aliphatic rings. The van der Waals surface area contributed by atoms with Crippen LogP contribution in [0.3, 0.4) is 0 Å². The van der Waals surface area contributed by atoms with Gasteiger partial charge in [0, 0.05) is 19.8 Å². The first kappa shape index (κ1) is 13.5. The van der Waals surface area contributed by atoms with Crippen molar-refractivity contribution in [1.29, 1.82) is 0 Å². The second-order valence-corrected chi connectivity index (χ2v) is 4.26. The molecule has 0 spiro atoms. The number of nitrogens with one attached hydrogen (secondary N) is 2. The summed E-state index contributed by atoms with van der Waals surface area (Å²) in [5.74, 6) is 0.148. The molecule has 1 amide bonds. The molecular formula is C12H24N2O2. The van der Waals surface area contributed by atoms with E-state index in [9.17, 15) is 4.79 Å². The van der Waals surface area contributed by atoms with E-state index in [1.54, 1.807) is 0 Å². The summed E-state index contributed by atoms with van der Waals surface area (Å²) in [6, 6.07) is 0.0327. The monoisotopic (exact) mass is 228 g/mol. The fourth-order valence-electron chi connectivity index (χ4n) is 1.83. The number of hydrogen-bond donors (Lipinski definition) is 2. The predicted octanol–water partition coefficient (Wildman–Crippen LogP) is 1.06. The Morgan fingerprint density at radius 1 is 1.44 bits per heavy atom. The minimum atomic E-state index is 0.0327. The fourth-order valence-corrected chi connectivity index (χ4v) is 1.83. The van der Waals surface area contributed by atoms with Gasteiger partial charge in [0.1, 0.15) is 0 Å². The Morgan fingerprint density at radius 3 is 3.00 bits per heavy atom. The van der Waals surface area contributed by atoms with Crippen molar-refractivity contribution in [3.05, 3.63) is 0 Å². The maximum atomic E-state index is 11.7. The van der Waals surface area contributed by atoms with Gasteiger partial charge in [-0.25, -0.2) is 0 Å². The Kier molecular flexibility index (Phi) is 7.17. The number of carbonyl (C=O) groups is 1. The largest absolute Gasteiger partial charge is 0.381 e. The summed E-state index contributed by atoms with van der Waals surface area (Å²) in [6.07, 6.45) is 5.27. The van der Waals surface area contributed by atoms with Crippen LogP contribution in [0.2, 0.25) is 0 Å². The molecule has 1 atom stereocenters. The number of piperidine rings is 1. The van der Waals surface area contributed by atoms with Crippen molar-refractivity contribution in [2.24, 2.45) is 0 Å². The zero-order valence-corrected chi connectivity index (χ0v) is 10.3. The maximum Gasteiger partial charge on any atom is 0.237 e. The minimum absolute atomic E-state index is 0.0327. The Morgan fingerprint density at radius 2 is 2.31 bits per heavy atom. The molecule has 94 valence electrons. The van der Waals surface area contributed by atoms with E-state index in [0.717, 1.165) is 52.0 Å². The summed E-state index contributed by atoms with van der Waals surface area (Å²) in [7, 11) is 0. The highest BCUT2D eigenvalue weighted by Crippen LogP contribution is 2.06. The van der Waals surface area contributed by atoms with Gasteiger partial charge in [-0.1, -0.05) is 13.3 Å². The predicted molar refractivity (Wildman–Crippen MR) is 64.4 cm³/mol. The van der Waals surface area contributed by atoms with Crippen LogP contribution in [0.5, 0.6) is 0 Å². The van der Waals surface area contributed by atoms with Gasteiger partial charge in [-0.3, -0.25) is 4.79 Å². The second-order valence-electron chi connectivity index (χ2n) is 4.26. The smallest absolute Gasteiger partial charge is 0.237 e. The van der Waals surface area contributed by atoms with Crippen molar-refractivity contribution in [3.63, 3.8) is 0 Å². The number of amides is 1. The molecule has 1 aliphatic heterocycles. The summed E-state index contributed by atoms with van der Waals surface area (Å²) >= 11 is 0. The Hall–Kier alpha value is -0.610. The van der Waals surface area contributed by atoms with Gasteiger partial charge in [0.25, 0.3) is 0 Å². The molecule has 4 heteroatoms. The number of rotatable bonds is 7. The molecule has 0 aromatic heterocycles. The first-order chi connectivity index (χ1) is 7.84. The maximum absolute atomic E-state index is 11.7. The van der Waals surface area contributed by atoms with Crippen LogP contribution in [-0.4, -0.2) is 38.3 Å². The summed E-state index contributed by atoms with van der Waals surface area (Å²) in [5.41, 5.74) is 0. The van der Waals surface area contributed by atoms with E-state index in [1.807, 2.05) is 0 Å². The highest BCUT2D eigenvalue weighted by atomic mass is 16.5. The Balaban J connectivity index is 1.97. The molecule has 0 aromatic carbocycles. The van der Waals surface area contributed by atoms with Crippen molar-refractivity contribution < 1.29 is 9.53 Å². The molecule has 16 heavy (non-hydrogen) atoms. The highest BCUT2D eigenvalue weighted by molar-refractivity contribution is 5.81. The van der Waals surface area contributed by atoms with E-state index < -0.39 is 0 Å². The van der Waals surface area contributed by atoms with Crippen LogP contribution in [0, 0.1) is 0 Å². The molecule has 0 aliphatic carbocycles. The van der Waals surface area contributed by atoms with E-state index in [2.05, 4.69) is 17.6 Å². The summed E-state index contributed by atoms with van der Waals surface area (Å²) < 4.78 is 5.34. The van der Waals surface area contributed by atoms with E-state index >= 15 is 0 Å². The van der Waals surface area contributed by atoms with Crippen LogP contribution in [0.1, 0.15) is 39.0 Å². The van der Waals surface area contributed by atoms with Crippen LogP contribution in [0.25, 0.3) is 0 Å². The van der Waals surface area contributed by atoms with E-state index in [1.165, 1.54) is 6.42 Å². The van der Waals surface area contributed by atoms with E-state index in [0.29, 0.717) is 0 Å². The lowest BCUT2D eigenvalue weighted by Crippen LogP contribution is -2.46. The van der Waals surface area contributed by atoms with Crippen molar-refractivity contribution in [1.82, 2.24) is 10.6 Å². The van der Waals surface area contributed by atoms with E-state index in [-0.39, 0.29) is 11.9 Å². The summed E-state index contributed by atoms with van der Waals surface area (Å²) in [5, 5.41) is 6.18. The second kappa shape index (κ2) is 8.53. The molecule has 0 radical (unpaired) electrons. The normalized spacial score (nSPS) is 20.7.